The Morgan fingerprint density at radius 1 is 1.11 bits per heavy atom. The van der Waals surface area contributed by atoms with Gasteiger partial charge in [0.1, 0.15) is 5.69 Å². The number of halogens is 2. The molecular formula is C16H12ClFN8S. The van der Waals surface area contributed by atoms with Gasteiger partial charge in [-0.2, -0.15) is 0 Å². The lowest BCUT2D eigenvalue weighted by Gasteiger charge is -2.02. The van der Waals surface area contributed by atoms with Crippen LogP contribution in [0, 0.1) is 5.82 Å². The van der Waals surface area contributed by atoms with Gasteiger partial charge in [-0.05, 0) is 35.5 Å². The maximum Gasteiger partial charge on any atom is 0.191 e. The van der Waals surface area contributed by atoms with E-state index in [9.17, 15) is 4.39 Å². The van der Waals surface area contributed by atoms with Gasteiger partial charge < -0.3 is 4.57 Å². The average Bonchev–Trinajstić information content (AvgIpc) is 3.29. The second-order valence-electron chi connectivity index (χ2n) is 5.48. The summed E-state index contributed by atoms with van der Waals surface area (Å²) in [6, 6.07) is 7.90. The average molecular weight is 403 g/mol. The first-order valence-corrected chi connectivity index (χ1v) is 9.15. The molecule has 0 spiro atoms. The predicted molar refractivity (Wildman–Crippen MR) is 97.9 cm³/mol. The molecule has 0 N–H and O–H groups in total. The van der Waals surface area contributed by atoms with Gasteiger partial charge in [0.25, 0.3) is 0 Å². The minimum absolute atomic E-state index is 0.143. The van der Waals surface area contributed by atoms with Crippen LogP contribution in [0.1, 0.15) is 5.82 Å². The van der Waals surface area contributed by atoms with E-state index in [1.807, 2.05) is 23.7 Å². The third-order valence-corrected chi connectivity index (χ3v) is 4.93. The lowest BCUT2D eigenvalue weighted by molar-refractivity contribution is 0.591. The molecule has 0 aliphatic carbocycles. The highest BCUT2D eigenvalue weighted by molar-refractivity contribution is 7.98. The fraction of sp³-hybridized carbons (Fsp3) is 0.125. The summed E-state index contributed by atoms with van der Waals surface area (Å²) in [4.78, 5) is 5.12. The maximum atomic E-state index is 13.9. The Labute approximate surface area is 162 Å². The summed E-state index contributed by atoms with van der Waals surface area (Å²) in [5, 5.41) is 21.5. The highest BCUT2D eigenvalue weighted by atomic mass is 35.5. The number of benzene rings is 1. The molecule has 0 bridgehead atoms. The molecule has 0 aliphatic rings. The lowest BCUT2D eigenvalue weighted by Crippen LogP contribution is -2.02. The fourth-order valence-electron chi connectivity index (χ4n) is 2.36. The van der Waals surface area contributed by atoms with Gasteiger partial charge in [-0.15, -0.1) is 25.2 Å². The zero-order valence-electron chi connectivity index (χ0n) is 14.0. The van der Waals surface area contributed by atoms with Crippen molar-refractivity contribution in [3.8, 4) is 17.1 Å². The van der Waals surface area contributed by atoms with Gasteiger partial charge >= 0.3 is 0 Å². The van der Waals surface area contributed by atoms with Crippen LogP contribution in [0.25, 0.3) is 17.1 Å². The van der Waals surface area contributed by atoms with Crippen LogP contribution in [-0.2, 0) is 12.8 Å². The van der Waals surface area contributed by atoms with Crippen LogP contribution in [0.4, 0.5) is 4.39 Å². The minimum Gasteiger partial charge on any atom is -0.305 e. The number of tetrazole rings is 1. The molecule has 0 unspecified atom stereocenters. The van der Waals surface area contributed by atoms with Crippen LogP contribution in [0.2, 0.25) is 5.02 Å². The summed E-state index contributed by atoms with van der Waals surface area (Å²) in [7, 11) is 1.88. The highest BCUT2D eigenvalue weighted by Gasteiger charge is 2.14. The molecule has 136 valence electrons. The van der Waals surface area contributed by atoms with Crippen molar-refractivity contribution in [1.29, 1.82) is 0 Å². The van der Waals surface area contributed by atoms with Crippen molar-refractivity contribution in [1.82, 2.24) is 40.0 Å². The zero-order chi connectivity index (χ0) is 18.8. The Morgan fingerprint density at radius 2 is 1.93 bits per heavy atom. The largest absolute Gasteiger partial charge is 0.305 e. The summed E-state index contributed by atoms with van der Waals surface area (Å²) in [5.41, 5.74) is 1.07. The van der Waals surface area contributed by atoms with E-state index in [2.05, 4.69) is 30.6 Å². The number of nitrogens with zero attached hydrogens (tertiary/aromatic N) is 8. The Balaban J connectivity index is 1.50. The molecule has 0 saturated heterocycles. The summed E-state index contributed by atoms with van der Waals surface area (Å²) < 4.78 is 15.8. The molecule has 3 aromatic heterocycles. The number of rotatable bonds is 5. The molecule has 0 atom stereocenters. The van der Waals surface area contributed by atoms with Gasteiger partial charge in [0.2, 0.25) is 0 Å². The molecule has 27 heavy (non-hydrogen) atoms. The molecule has 0 saturated carbocycles. The quantitative estimate of drug-likeness (QED) is 0.474. The monoisotopic (exact) mass is 402 g/mol. The molecular weight excluding hydrogens is 391 g/mol. The van der Waals surface area contributed by atoms with E-state index in [1.54, 1.807) is 12.4 Å². The minimum atomic E-state index is -0.480. The number of thioether (sulfide) groups is 1. The predicted octanol–water partition coefficient (Wildman–Crippen LogP) is 2.94. The Kier molecular flexibility index (Phi) is 4.82. The van der Waals surface area contributed by atoms with E-state index < -0.39 is 5.82 Å². The number of hydrogen-bond acceptors (Lipinski definition) is 7. The van der Waals surface area contributed by atoms with E-state index >= 15 is 0 Å². The second-order valence-corrected chi connectivity index (χ2v) is 6.86. The van der Waals surface area contributed by atoms with Gasteiger partial charge in [-0.1, -0.05) is 23.4 Å². The summed E-state index contributed by atoms with van der Waals surface area (Å²) in [6.45, 7) is 0. The van der Waals surface area contributed by atoms with Crippen molar-refractivity contribution < 1.29 is 4.39 Å². The molecule has 1 aromatic carbocycles. The van der Waals surface area contributed by atoms with Crippen molar-refractivity contribution in [2.45, 2.75) is 10.9 Å². The van der Waals surface area contributed by atoms with Gasteiger partial charge in [0, 0.05) is 30.0 Å². The molecule has 4 aromatic rings. The van der Waals surface area contributed by atoms with Gasteiger partial charge in [0.05, 0.1) is 5.75 Å². The smallest absolute Gasteiger partial charge is 0.191 e. The van der Waals surface area contributed by atoms with Crippen LogP contribution in [0.3, 0.4) is 0 Å². The Morgan fingerprint density at radius 3 is 2.74 bits per heavy atom. The second kappa shape index (κ2) is 7.41. The van der Waals surface area contributed by atoms with Crippen LogP contribution in [0.15, 0.2) is 47.9 Å². The summed E-state index contributed by atoms with van der Waals surface area (Å²) in [5.74, 6) is 1.10. The van der Waals surface area contributed by atoms with Crippen molar-refractivity contribution in [3.05, 3.63) is 59.4 Å². The summed E-state index contributed by atoms with van der Waals surface area (Å²) in [6.07, 6.45) is 3.40. The lowest BCUT2D eigenvalue weighted by atomic mass is 10.2. The molecule has 4 rings (SSSR count). The maximum absolute atomic E-state index is 13.9. The van der Waals surface area contributed by atoms with Gasteiger partial charge in [-0.3, -0.25) is 4.98 Å². The van der Waals surface area contributed by atoms with Crippen LogP contribution in [-0.4, -0.2) is 40.0 Å². The highest BCUT2D eigenvalue weighted by Crippen LogP contribution is 2.24. The molecule has 3 heterocycles. The first-order valence-electron chi connectivity index (χ1n) is 7.79. The normalized spacial score (nSPS) is 11.1. The van der Waals surface area contributed by atoms with Crippen molar-refractivity contribution in [2.75, 3.05) is 0 Å². The Bertz CT molecular complexity index is 1080. The number of hydrogen-bond donors (Lipinski definition) is 0. The van der Waals surface area contributed by atoms with Crippen LogP contribution >= 0.6 is 23.4 Å². The van der Waals surface area contributed by atoms with E-state index in [4.69, 9.17) is 11.6 Å². The molecule has 0 aliphatic heterocycles. The molecule has 0 fully saturated rings. The zero-order valence-corrected chi connectivity index (χ0v) is 15.6. The fourth-order valence-corrected chi connectivity index (χ4v) is 3.28. The number of pyridine rings is 1. The molecule has 11 heteroatoms. The Hall–Kier alpha value is -2.85. The topological polar surface area (TPSA) is 87.2 Å². The first kappa shape index (κ1) is 17.6. The third-order valence-electron chi connectivity index (χ3n) is 3.68. The van der Waals surface area contributed by atoms with Gasteiger partial charge in [0.15, 0.2) is 22.6 Å². The first-order chi connectivity index (χ1) is 13.1. The molecule has 0 amide bonds. The molecule has 0 radical (unpaired) electrons. The standard InChI is InChI=1S/C16H12ClFN8S/c1-25-15(10-4-6-19-7-5-10)21-22-16(25)27-9-14-20-24-26(23-14)13-8-11(17)2-3-12(13)18/h2-8H,9H2,1H3. The van der Waals surface area contributed by atoms with Crippen LogP contribution < -0.4 is 0 Å². The third kappa shape index (κ3) is 3.67. The van der Waals surface area contributed by atoms with Crippen molar-refractivity contribution >= 4 is 23.4 Å². The van der Waals surface area contributed by atoms with E-state index in [-0.39, 0.29) is 5.69 Å². The van der Waals surface area contributed by atoms with E-state index in [0.717, 1.165) is 16.2 Å². The number of aromatic nitrogens is 8. The van der Waals surface area contributed by atoms with Crippen molar-refractivity contribution in [3.63, 3.8) is 0 Å². The molecule has 8 nitrogen and oxygen atoms in total. The summed E-state index contributed by atoms with van der Waals surface area (Å²) >= 11 is 7.31. The van der Waals surface area contributed by atoms with E-state index in [0.29, 0.717) is 21.8 Å². The SMILES string of the molecule is Cn1c(SCc2nnn(-c3cc(Cl)ccc3F)n2)nnc1-c1ccncc1. The van der Waals surface area contributed by atoms with Crippen molar-refractivity contribution in [2.24, 2.45) is 7.05 Å². The van der Waals surface area contributed by atoms with Gasteiger partial charge in [-0.25, -0.2) is 4.39 Å². The van der Waals surface area contributed by atoms with Crippen LogP contribution in [0.5, 0.6) is 0 Å². The van der Waals surface area contributed by atoms with E-state index in [1.165, 1.54) is 30.0 Å².